The van der Waals surface area contributed by atoms with Crippen LogP contribution in [-0.4, -0.2) is 163 Å². The number of ether oxygens (including phenoxy) is 4. The number of para-hydroxylation sites is 1. The van der Waals surface area contributed by atoms with Gasteiger partial charge in [0.2, 0.25) is 5.13 Å². The summed E-state index contributed by atoms with van der Waals surface area (Å²) in [4.78, 5) is 116. The largest absolute Gasteiger partial charge is 1.00 e. The van der Waals surface area contributed by atoms with Crippen molar-refractivity contribution in [2.45, 2.75) is 136 Å². The van der Waals surface area contributed by atoms with E-state index in [0.717, 1.165) is 70.5 Å². The smallest absolute Gasteiger partial charge is 0.756 e. The average molecular weight is 2010 g/mol. The van der Waals surface area contributed by atoms with Gasteiger partial charge < -0.3 is 72.9 Å². The SMILES string of the molecule is CCCCN(CCCC)CCCC.COc1ccc(C(Cl)(c2ccccc2)c2ccccc2)cc1.CP(=O)(OOOOO)P=O.C[C@@H]1[C@@H](CO)O[C@@H](n2ccc(=O)[nH]c2=O)[C@@]1(F)Cl.O=[P+]1OP(Cl)Oc2ccccc21.O=c1ccn([C@@H]2O[C@H](CO)[C@@H](O)[C@]2(F)Cl)c(=O)[nH]1.O=c1ccn([C@@H]2O[C@H](COP(=O)([O-])OP(=O)([O-])OP(=O)([O-])O)[C@@H](O)[C@]2(F)Cl)c(=O)[nH]1.[Li+].[Li+].[Li+].[Li+]. The molecule has 6 unspecified atom stereocenters. The van der Waals surface area contributed by atoms with Crippen LogP contribution in [-0.2, 0) is 83.7 Å². The number of phosphoric ester groups is 1. The Hall–Kier alpha value is -3.14. The number of methoxy groups -OCH3 is 1. The Bertz CT molecular complexity index is 4970. The summed E-state index contributed by atoms with van der Waals surface area (Å²) >= 11 is 29.5. The molecule has 4 aliphatic heterocycles. The number of alkyl halides is 7. The van der Waals surface area contributed by atoms with Crippen molar-refractivity contribution < 1.29 is 222 Å². The summed E-state index contributed by atoms with van der Waals surface area (Å²) in [5.41, 5.74) is -1.94. The first kappa shape index (κ1) is 122. The molecule has 7 aromatic rings. The molecule has 684 valence electrons. The van der Waals surface area contributed by atoms with Crippen LogP contribution in [0.2, 0.25) is 0 Å². The number of benzene rings is 4. The van der Waals surface area contributed by atoms with Crippen LogP contribution in [0, 0.1) is 5.92 Å². The van der Waals surface area contributed by atoms with Crippen LogP contribution < -0.4 is 138 Å². The summed E-state index contributed by atoms with van der Waals surface area (Å²) < 4.78 is 154. The minimum atomic E-state index is -6.17. The predicted molar refractivity (Wildman–Crippen MR) is 432 cm³/mol. The second kappa shape index (κ2) is 57.0. The van der Waals surface area contributed by atoms with Gasteiger partial charge in [-0.05, 0) is 111 Å². The number of hydrogen-bond acceptors (Lipinski definition) is 34. The van der Waals surface area contributed by atoms with Crippen molar-refractivity contribution in [2.24, 2.45) is 5.92 Å². The van der Waals surface area contributed by atoms with Crippen LogP contribution >= 0.6 is 112 Å². The molecule has 7 heterocycles. The molecule has 3 aromatic heterocycles. The zero-order valence-corrected chi connectivity index (χ0v) is 79.1. The maximum absolute atomic E-state index is 14.7. The number of nitrogens with zero attached hydrogens (tertiary/aromatic N) is 4. The molecule has 18 atom stereocenters. The Morgan fingerprint density at radius 1 is 0.606 bits per heavy atom. The molecule has 0 amide bonds. The summed E-state index contributed by atoms with van der Waals surface area (Å²) in [5.74, 6) is 0.586. The molecule has 3 saturated heterocycles. The van der Waals surface area contributed by atoms with E-state index in [4.69, 9.17) is 106 Å². The number of nitrogens with one attached hydrogen (secondary N) is 3. The molecule has 9 N–H and O–H groups in total. The van der Waals surface area contributed by atoms with Crippen molar-refractivity contribution in [1.29, 1.82) is 0 Å². The van der Waals surface area contributed by atoms with Crippen molar-refractivity contribution in [2.75, 3.05) is 53.2 Å². The summed E-state index contributed by atoms with van der Waals surface area (Å²) in [7, 11) is -23.8. The molecule has 60 heteroatoms. The van der Waals surface area contributed by atoms with Gasteiger partial charge >= 0.3 is 115 Å². The zero-order chi connectivity index (χ0) is 92.1. The normalized spacial score (nSPS) is 24.6. The van der Waals surface area contributed by atoms with E-state index in [9.17, 15) is 94.2 Å². The first-order valence-corrected chi connectivity index (χ1v) is 48.6. The number of aliphatic hydroxyl groups is 4. The van der Waals surface area contributed by atoms with Crippen molar-refractivity contribution in [1.82, 2.24) is 33.6 Å². The van der Waals surface area contributed by atoms with Gasteiger partial charge in [0.1, 0.15) is 35.0 Å². The molecule has 4 aliphatic rings. The van der Waals surface area contributed by atoms with Crippen LogP contribution in [0.3, 0.4) is 0 Å². The van der Waals surface area contributed by atoms with Crippen molar-refractivity contribution in [3.8, 4) is 11.5 Å². The minimum Gasteiger partial charge on any atom is -0.756 e. The summed E-state index contributed by atoms with van der Waals surface area (Å²) in [6.07, 6.45) is -2.31. The number of aliphatic hydroxyl groups excluding tert-OH is 4. The van der Waals surface area contributed by atoms with Crippen molar-refractivity contribution >= 4 is 117 Å². The molecule has 0 spiro atoms. The van der Waals surface area contributed by atoms with E-state index < -0.39 is 183 Å². The number of unbranched alkanes of at least 4 members (excludes halogenated alkanes) is 3. The van der Waals surface area contributed by atoms with Gasteiger partial charge in [0.25, 0.3) is 63.9 Å². The molecule has 0 saturated carbocycles. The Labute approximate surface area is 798 Å². The van der Waals surface area contributed by atoms with Crippen LogP contribution in [0.25, 0.3) is 0 Å². The average Bonchev–Trinajstić information content (AvgIpc) is 1.32. The Balaban J connectivity index is 0.000000757. The van der Waals surface area contributed by atoms with Crippen molar-refractivity contribution in [3.05, 3.63) is 225 Å². The second-order valence-corrected chi connectivity index (χ2v) is 40.1. The van der Waals surface area contributed by atoms with Crippen LogP contribution in [0.15, 0.2) is 175 Å². The standard InChI is InChI=1S/C20H17ClO.C12H27N.C10H12ClFN2O4.C9H13ClFN2O14P3.C9H10ClFN2O5.C6H4ClO3P2.CH4O7P2.4Li/c1-22-19-14-12-18(13-15-19)20(21,16-8-4-2-5-9-16)17-10-6-3-7-11-17;1-4-7-10-13(11-8-5-2)12-9-6-3;1-5-6(4-15)18-8(10(5,11)12)14-3-2-7(16)13-9(14)17;10-9(11)6(15)4(25-7(9)13-2-1-5(14)12-8(13)16)3-24-29(20,21)27-30(22,23)26-28(17,18)19;10-9(11)6(16)4(3-14)18-7(9)13-2-1-5(15)12-8(13)17;7-12-9-5-3-1-2-4-6(5)11(8)10-12;1-10(4,9-3)8-7-6-5-2;;;;/h2-15H,1H3;4-12H2,1-3H3;2-3,5-6,8,15H,4H2,1H3,(H,13,16,17);1-2,4,6-7,15H,3H2,(H,20,21)(H,22,23)(H,12,14,16)(H2,17,18,19);1-2,4,6-7,14,16H,3H2,(H,12,15,17);1-4H;2H,1H3;;;;/q;;;;;+1;;4*+1/p-3/t;;5-,6-,8-,10-;2*4-,6-,7-,9-;;;;;;/m..111....../s1. The van der Waals surface area contributed by atoms with Gasteiger partial charge in [0.15, 0.2) is 24.4 Å². The van der Waals surface area contributed by atoms with E-state index in [1.54, 1.807) is 36.4 Å². The van der Waals surface area contributed by atoms with Crippen LogP contribution in [0.4, 0.5) is 13.2 Å². The number of hydrogen-bond donors (Lipinski definition) is 9. The summed E-state index contributed by atoms with van der Waals surface area (Å²) in [6.45, 7) is 10.9. The van der Waals surface area contributed by atoms with Crippen LogP contribution in [0.1, 0.15) is 102 Å². The molecule has 0 aliphatic carbocycles. The van der Waals surface area contributed by atoms with Gasteiger partial charge in [-0.25, -0.2) is 41.4 Å². The van der Waals surface area contributed by atoms with Gasteiger partial charge in [-0.1, -0.05) is 171 Å². The Morgan fingerprint density at radius 3 is 1.38 bits per heavy atom. The first-order valence-electron chi connectivity index (χ1n) is 35.8. The molecule has 11 rings (SSSR count). The summed E-state index contributed by atoms with van der Waals surface area (Å²) in [5, 5.41) is 46.7. The van der Waals surface area contributed by atoms with Crippen molar-refractivity contribution in [3.63, 3.8) is 0 Å². The third-order valence-corrected chi connectivity index (χ3v) is 27.5. The van der Waals surface area contributed by atoms with Gasteiger partial charge in [-0.3, -0.25) is 65.9 Å². The molecule has 4 aromatic carbocycles. The monoisotopic (exact) mass is 2010 g/mol. The first-order chi connectivity index (χ1) is 57.7. The predicted octanol–water partition coefficient (Wildman–Crippen LogP) is -2.95. The van der Waals surface area contributed by atoms with Gasteiger partial charge in [-0.2, -0.15) is 0 Å². The Morgan fingerprint density at radius 2 is 1.00 bits per heavy atom. The molecule has 41 nitrogen and oxygen atoms in total. The van der Waals surface area contributed by atoms with E-state index in [2.05, 4.69) is 82.9 Å². The maximum atomic E-state index is 14.7. The third kappa shape index (κ3) is 37.1. The van der Waals surface area contributed by atoms with Gasteiger partial charge in [-0.15, -0.1) is 16.3 Å². The molecule has 0 bridgehead atoms. The molecule has 0 radical (unpaired) electrons. The number of aromatic nitrogens is 6. The molecule has 127 heavy (non-hydrogen) atoms. The maximum Gasteiger partial charge on any atom is 1.00 e. The van der Waals surface area contributed by atoms with E-state index in [1.165, 1.54) is 65.1 Å². The van der Waals surface area contributed by atoms with E-state index >= 15 is 0 Å². The zero-order valence-electron chi connectivity index (χ0n) is 69.1. The number of fused-ring (bicyclic) bond motifs is 1. The van der Waals surface area contributed by atoms with Gasteiger partial charge in [0, 0.05) is 49.4 Å². The molecular formula is C67H84Cl5F3Li4N7O34P7+2. The Kier molecular flexibility index (Phi) is 54.7. The topological polar surface area (TPSA) is 581 Å². The molecule has 3 fully saturated rings. The quantitative estimate of drug-likeness (QED) is 0.00413. The number of halogens is 8. The number of aromatic amines is 3. The fourth-order valence-corrected chi connectivity index (χ4v) is 18.0. The molecular weight excluding hydrogens is 1930 g/mol. The number of rotatable bonds is 30. The van der Waals surface area contributed by atoms with E-state index in [1.807, 2.05) is 70.6 Å². The second-order valence-electron chi connectivity index (χ2n) is 25.8. The number of H-pyrrole nitrogens is 3. The fraction of sp³-hybridized carbons (Fsp3) is 0.463. The van der Waals surface area contributed by atoms with Crippen LogP contribution in [0.5, 0.6) is 11.5 Å². The summed E-state index contributed by atoms with van der Waals surface area (Å²) in [6, 6.07) is 38.1. The minimum absolute atomic E-state index is 0. The fourth-order valence-electron chi connectivity index (χ4n) is 10.9. The van der Waals surface area contributed by atoms with E-state index in [-0.39, 0.29) is 75.4 Å². The van der Waals surface area contributed by atoms with Gasteiger partial charge in [0.05, 0.1) is 33.0 Å². The third-order valence-electron chi connectivity index (χ3n) is 17.1. The number of phosphoric acid groups is 3. The van der Waals surface area contributed by atoms with E-state index in [0.29, 0.717) is 20.2 Å².